The molecule has 1 aliphatic rings. The summed E-state index contributed by atoms with van der Waals surface area (Å²) in [7, 11) is 3.11. The average molecular weight is 451 g/mol. The average Bonchev–Trinajstić information content (AvgIpc) is 3.29. The van der Waals surface area contributed by atoms with Crippen molar-refractivity contribution in [1.29, 1.82) is 0 Å². The maximum atomic E-state index is 12.7. The molecular weight excluding hydrogens is 430 g/mol. The zero-order valence-corrected chi connectivity index (χ0v) is 17.9. The quantitative estimate of drug-likeness (QED) is 0.396. The van der Waals surface area contributed by atoms with Gasteiger partial charge in [-0.3, -0.25) is 19.7 Å². The standard InChI is InChI=1S/C22H21N5O6/c1-32-12-17-20(13-5-3-8-16(9-13)33-2)21-24-22(29)18(26(21)25-17)11-19(28)23-14-6-4-7-15(10-14)27(30)31/h3-10,18H,11-12H2,1-2H3,(H,23,28)(H,24,29). The molecule has 0 saturated heterocycles. The first-order chi connectivity index (χ1) is 15.9. The number of benzene rings is 2. The first kappa shape index (κ1) is 22.0. The van der Waals surface area contributed by atoms with Gasteiger partial charge in [0.1, 0.15) is 17.6 Å². The van der Waals surface area contributed by atoms with Crippen molar-refractivity contribution in [1.82, 2.24) is 9.78 Å². The number of fused-ring (bicyclic) bond motifs is 1. The zero-order valence-electron chi connectivity index (χ0n) is 17.9. The van der Waals surface area contributed by atoms with Crippen LogP contribution in [0.15, 0.2) is 48.5 Å². The van der Waals surface area contributed by atoms with Crippen molar-refractivity contribution in [3.8, 4) is 16.9 Å². The molecule has 0 spiro atoms. The fourth-order valence-corrected chi connectivity index (χ4v) is 3.72. The highest BCUT2D eigenvalue weighted by Crippen LogP contribution is 2.39. The Labute approximate surface area is 188 Å². The van der Waals surface area contributed by atoms with Gasteiger partial charge in [0.05, 0.1) is 36.3 Å². The van der Waals surface area contributed by atoms with Gasteiger partial charge in [-0.2, -0.15) is 5.10 Å². The molecule has 1 aliphatic heterocycles. The van der Waals surface area contributed by atoms with Crippen molar-refractivity contribution in [2.45, 2.75) is 19.1 Å². The summed E-state index contributed by atoms with van der Waals surface area (Å²) >= 11 is 0. The van der Waals surface area contributed by atoms with E-state index in [1.165, 1.54) is 28.9 Å². The lowest BCUT2D eigenvalue weighted by Crippen LogP contribution is -2.24. The van der Waals surface area contributed by atoms with Crippen LogP contribution in [-0.2, 0) is 20.9 Å². The number of ether oxygens (including phenoxy) is 2. The Bertz CT molecular complexity index is 1240. The van der Waals surface area contributed by atoms with Crippen LogP contribution < -0.4 is 15.4 Å². The maximum Gasteiger partial charge on any atom is 0.271 e. The fraction of sp³-hybridized carbons (Fsp3) is 0.227. The van der Waals surface area contributed by atoms with Gasteiger partial charge in [-0.25, -0.2) is 4.68 Å². The molecule has 4 rings (SSSR count). The lowest BCUT2D eigenvalue weighted by atomic mass is 10.1. The van der Waals surface area contributed by atoms with E-state index in [4.69, 9.17) is 9.47 Å². The largest absolute Gasteiger partial charge is 0.497 e. The molecule has 1 atom stereocenters. The monoisotopic (exact) mass is 451 g/mol. The number of hydrogen-bond acceptors (Lipinski definition) is 7. The molecule has 170 valence electrons. The summed E-state index contributed by atoms with van der Waals surface area (Å²) in [6, 6.07) is 12.0. The number of carbonyl (C=O) groups is 2. The highest BCUT2D eigenvalue weighted by Gasteiger charge is 2.37. The summed E-state index contributed by atoms with van der Waals surface area (Å²) in [6.07, 6.45) is -0.201. The number of anilines is 2. The molecule has 2 amide bonds. The number of nitrogens with zero attached hydrogens (tertiary/aromatic N) is 3. The first-order valence-electron chi connectivity index (χ1n) is 10.0. The highest BCUT2D eigenvalue weighted by atomic mass is 16.6. The van der Waals surface area contributed by atoms with Crippen LogP contribution in [0.3, 0.4) is 0 Å². The molecule has 2 N–H and O–H groups in total. The van der Waals surface area contributed by atoms with Gasteiger partial charge in [0.15, 0.2) is 0 Å². The van der Waals surface area contributed by atoms with Gasteiger partial charge in [-0.05, 0) is 23.8 Å². The van der Waals surface area contributed by atoms with Crippen LogP contribution >= 0.6 is 0 Å². The maximum absolute atomic E-state index is 12.7. The lowest BCUT2D eigenvalue weighted by molar-refractivity contribution is -0.384. The number of carbonyl (C=O) groups excluding carboxylic acids is 2. The van der Waals surface area contributed by atoms with Crippen LogP contribution in [-0.4, -0.2) is 40.7 Å². The van der Waals surface area contributed by atoms with Crippen molar-refractivity contribution in [3.63, 3.8) is 0 Å². The van der Waals surface area contributed by atoms with Gasteiger partial charge in [0.25, 0.3) is 11.6 Å². The second kappa shape index (κ2) is 9.09. The van der Waals surface area contributed by atoms with Crippen molar-refractivity contribution in [2.75, 3.05) is 24.9 Å². The van der Waals surface area contributed by atoms with Crippen LogP contribution in [0.1, 0.15) is 18.2 Å². The van der Waals surface area contributed by atoms with Gasteiger partial charge in [0.2, 0.25) is 5.91 Å². The number of aromatic nitrogens is 2. The Hall–Kier alpha value is -4.25. The molecule has 33 heavy (non-hydrogen) atoms. The van der Waals surface area contributed by atoms with E-state index < -0.39 is 16.9 Å². The van der Waals surface area contributed by atoms with Gasteiger partial charge in [-0.1, -0.05) is 18.2 Å². The Morgan fingerprint density at radius 1 is 1.24 bits per heavy atom. The number of hydrogen-bond donors (Lipinski definition) is 2. The number of amides is 2. The molecular formula is C22H21N5O6. The van der Waals surface area contributed by atoms with E-state index in [0.717, 1.165) is 5.56 Å². The van der Waals surface area contributed by atoms with E-state index in [2.05, 4.69) is 15.7 Å². The molecule has 1 aromatic heterocycles. The topological polar surface area (TPSA) is 138 Å². The smallest absolute Gasteiger partial charge is 0.271 e. The molecule has 2 heterocycles. The number of methoxy groups -OCH3 is 2. The van der Waals surface area contributed by atoms with Crippen molar-refractivity contribution >= 4 is 29.0 Å². The highest BCUT2D eigenvalue weighted by molar-refractivity contribution is 6.04. The van der Waals surface area contributed by atoms with E-state index in [0.29, 0.717) is 22.8 Å². The van der Waals surface area contributed by atoms with Gasteiger partial charge < -0.3 is 20.1 Å². The minimum Gasteiger partial charge on any atom is -0.497 e. The number of rotatable bonds is 8. The van der Waals surface area contributed by atoms with E-state index in [-0.39, 0.29) is 30.3 Å². The van der Waals surface area contributed by atoms with Crippen molar-refractivity contribution < 1.29 is 24.0 Å². The molecule has 0 saturated carbocycles. The van der Waals surface area contributed by atoms with Gasteiger partial charge >= 0.3 is 0 Å². The van der Waals surface area contributed by atoms with E-state index in [1.807, 2.05) is 24.3 Å². The summed E-state index contributed by atoms with van der Waals surface area (Å²) in [4.78, 5) is 35.7. The Morgan fingerprint density at radius 3 is 2.76 bits per heavy atom. The summed E-state index contributed by atoms with van der Waals surface area (Å²) in [5, 5.41) is 20.9. The molecule has 2 aromatic carbocycles. The van der Waals surface area contributed by atoms with Crippen molar-refractivity contribution in [3.05, 3.63) is 64.3 Å². The van der Waals surface area contributed by atoms with Crippen molar-refractivity contribution in [2.24, 2.45) is 0 Å². The Morgan fingerprint density at radius 2 is 2.03 bits per heavy atom. The number of nitrogens with one attached hydrogen (secondary N) is 2. The molecule has 3 aromatic rings. The predicted molar refractivity (Wildman–Crippen MR) is 119 cm³/mol. The van der Waals surface area contributed by atoms with Crippen LogP contribution in [0, 0.1) is 10.1 Å². The zero-order chi connectivity index (χ0) is 23.5. The molecule has 1 unspecified atom stereocenters. The summed E-state index contributed by atoms with van der Waals surface area (Å²) in [6.45, 7) is 0.203. The number of nitro groups is 1. The first-order valence-corrected chi connectivity index (χ1v) is 10.0. The third-order valence-electron chi connectivity index (χ3n) is 5.18. The fourth-order valence-electron chi connectivity index (χ4n) is 3.72. The lowest BCUT2D eigenvalue weighted by Gasteiger charge is -2.10. The number of nitro benzene ring substituents is 1. The van der Waals surface area contributed by atoms with Crippen LogP contribution in [0.25, 0.3) is 11.1 Å². The van der Waals surface area contributed by atoms with Crippen LogP contribution in [0.5, 0.6) is 5.75 Å². The molecule has 11 heteroatoms. The van der Waals surface area contributed by atoms with Gasteiger partial charge in [-0.15, -0.1) is 0 Å². The molecule has 0 aliphatic carbocycles. The minimum atomic E-state index is -0.881. The summed E-state index contributed by atoms with van der Waals surface area (Å²) in [5.41, 5.74) is 2.19. The third kappa shape index (κ3) is 4.39. The second-order valence-electron chi connectivity index (χ2n) is 7.34. The summed E-state index contributed by atoms with van der Waals surface area (Å²) < 4.78 is 12.1. The number of non-ortho nitro benzene ring substituents is 1. The van der Waals surface area contributed by atoms with Gasteiger partial charge in [0, 0.05) is 24.9 Å². The SMILES string of the molecule is COCc1nn2c(c1-c1cccc(OC)c1)NC(=O)C2CC(=O)Nc1cccc([N+](=O)[O-])c1. The van der Waals surface area contributed by atoms with E-state index in [9.17, 15) is 19.7 Å². The van der Waals surface area contributed by atoms with Crippen LogP contribution in [0.4, 0.5) is 17.2 Å². The van der Waals surface area contributed by atoms with E-state index >= 15 is 0 Å². The molecule has 11 nitrogen and oxygen atoms in total. The van der Waals surface area contributed by atoms with E-state index in [1.54, 1.807) is 14.2 Å². The van der Waals surface area contributed by atoms with Crippen LogP contribution in [0.2, 0.25) is 0 Å². The normalized spacial score (nSPS) is 14.5. The molecule has 0 fully saturated rings. The Kier molecular flexibility index (Phi) is 6.05. The minimum absolute atomic E-state index is 0.145. The molecule has 0 radical (unpaired) electrons. The molecule has 0 bridgehead atoms. The summed E-state index contributed by atoms with van der Waals surface area (Å²) in [5.74, 6) is 0.261. The second-order valence-corrected chi connectivity index (χ2v) is 7.34. The predicted octanol–water partition coefficient (Wildman–Crippen LogP) is 3.14. The third-order valence-corrected chi connectivity index (χ3v) is 5.18. The Balaban J connectivity index is 1.61.